The molecule has 3 rings (SSSR count). The van der Waals surface area contributed by atoms with Crippen LogP contribution < -0.4 is 16.2 Å². The van der Waals surface area contributed by atoms with E-state index in [1.54, 1.807) is 0 Å². The highest BCUT2D eigenvalue weighted by Crippen LogP contribution is 2.33. The van der Waals surface area contributed by atoms with Crippen molar-refractivity contribution in [1.82, 2.24) is 20.0 Å². The van der Waals surface area contributed by atoms with Crippen LogP contribution in [-0.4, -0.2) is 20.6 Å². The summed E-state index contributed by atoms with van der Waals surface area (Å²) in [5.74, 6) is -0.261. The summed E-state index contributed by atoms with van der Waals surface area (Å²) in [5, 5.41) is 1.65. The van der Waals surface area contributed by atoms with E-state index in [2.05, 4.69) is 26.1 Å². The normalized spacial score (nSPS) is 11.9. The molecule has 3 aromatic heterocycles. The quantitative estimate of drug-likeness (QED) is 0.315. The lowest BCUT2D eigenvalue weighted by atomic mass is 10.3. The maximum Gasteiger partial charge on any atom is 0.417 e. The van der Waals surface area contributed by atoms with Crippen molar-refractivity contribution in [2.75, 3.05) is 10.7 Å². The second-order valence-electron chi connectivity index (χ2n) is 6.05. The fourth-order valence-corrected chi connectivity index (χ4v) is 2.85. The predicted octanol–water partition coefficient (Wildman–Crippen LogP) is 5.76. The van der Waals surface area contributed by atoms with Crippen molar-refractivity contribution in [1.29, 1.82) is 0 Å². The Kier molecular flexibility index (Phi) is 6.41. The zero-order valence-corrected chi connectivity index (χ0v) is 16.8. The number of nitrogens with one attached hydrogen (secondary N) is 3. The molecule has 0 bridgehead atoms. The highest BCUT2D eigenvalue weighted by atomic mass is 35.5. The van der Waals surface area contributed by atoms with Gasteiger partial charge in [-0.3, -0.25) is 15.3 Å². The summed E-state index contributed by atoms with van der Waals surface area (Å²) >= 11 is 11.6. The van der Waals surface area contributed by atoms with E-state index < -0.39 is 34.5 Å². The second kappa shape index (κ2) is 8.74. The van der Waals surface area contributed by atoms with Crippen LogP contribution >= 0.6 is 23.2 Å². The van der Waals surface area contributed by atoms with E-state index in [0.29, 0.717) is 24.5 Å². The SMILES string of the molecule is O=C(NNc1ncc(C(F)(F)F)cc1Cl)Nc1cccn1-c1ncc(C(F)(F)F)cc1Cl. The first-order valence-electron chi connectivity index (χ1n) is 8.32. The van der Waals surface area contributed by atoms with Crippen molar-refractivity contribution < 1.29 is 31.1 Å². The van der Waals surface area contributed by atoms with Crippen LogP contribution in [0, 0.1) is 0 Å². The first-order valence-corrected chi connectivity index (χ1v) is 9.08. The van der Waals surface area contributed by atoms with E-state index in [1.807, 2.05) is 0 Å². The Hall–Kier alpha value is -3.19. The highest BCUT2D eigenvalue weighted by Gasteiger charge is 2.32. The summed E-state index contributed by atoms with van der Waals surface area (Å²) in [6.07, 6.45) is -6.77. The molecule has 0 spiro atoms. The molecule has 7 nitrogen and oxygen atoms in total. The minimum Gasteiger partial charge on any atom is -0.292 e. The average Bonchev–Trinajstić information content (AvgIpc) is 3.13. The van der Waals surface area contributed by atoms with E-state index in [1.165, 1.54) is 22.9 Å². The molecule has 0 aliphatic rings. The van der Waals surface area contributed by atoms with Crippen molar-refractivity contribution in [2.45, 2.75) is 12.4 Å². The topological polar surface area (TPSA) is 83.9 Å². The minimum atomic E-state index is -4.64. The average molecular weight is 499 g/mol. The molecule has 0 aliphatic heterocycles. The molecule has 0 saturated heterocycles. The third-order valence-corrected chi connectivity index (χ3v) is 4.40. The number of carbonyl (C=O) groups is 1. The van der Waals surface area contributed by atoms with Gasteiger partial charge < -0.3 is 0 Å². The van der Waals surface area contributed by atoms with Gasteiger partial charge in [-0.25, -0.2) is 20.2 Å². The molecular weight excluding hydrogens is 489 g/mol. The molecule has 32 heavy (non-hydrogen) atoms. The maximum absolute atomic E-state index is 12.8. The number of hydrogen-bond donors (Lipinski definition) is 3. The number of hydrogen-bond acceptors (Lipinski definition) is 4. The zero-order chi connectivity index (χ0) is 23.7. The highest BCUT2D eigenvalue weighted by molar-refractivity contribution is 6.33. The molecule has 0 saturated carbocycles. The van der Waals surface area contributed by atoms with Crippen molar-refractivity contribution in [3.63, 3.8) is 0 Å². The van der Waals surface area contributed by atoms with Gasteiger partial charge in [0.05, 0.1) is 21.2 Å². The van der Waals surface area contributed by atoms with E-state index in [4.69, 9.17) is 23.2 Å². The molecule has 0 aliphatic carbocycles. The lowest BCUT2D eigenvalue weighted by molar-refractivity contribution is -0.138. The number of halogens is 8. The summed E-state index contributed by atoms with van der Waals surface area (Å²) < 4.78 is 77.5. The van der Waals surface area contributed by atoms with Crippen molar-refractivity contribution in [3.05, 3.63) is 64.0 Å². The van der Waals surface area contributed by atoms with E-state index in [9.17, 15) is 31.1 Å². The van der Waals surface area contributed by atoms with Gasteiger partial charge in [-0.1, -0.05) is 23.2 Å². The number of carbonyl (C=O) groups excluding carboxylic acids is 1. The summed E-state index contributed by atoms with van der Waals surface area (Å²) in [6.45, 7) is 0. The van der Waals surface area contributed by atoms with Crippen LogP contribution in [0.5, 0.6) is 0 Å². The van der Waals surface area contributed by atoms with Crippen LogP contribution in [0.4, 0.5) is 42.8 Å². The van der Waals surface area contributed by atoms with Gasteiger partial charge >= 0.3 is 18.4 Å². The van der Waals surface area contributed by atoms with E-state index in [0.717, 1.165) is 0 Å². The van der Waals surface area contributed by atoms with Gasteiger partial charge in [0.2, 0.25) is 0 Å². The van der Waals surface area contributed by atoms with E-state index >= 15 is 0 Å². The Balaban J connectivity index is 1.70. The Morgan fingerprint density at radius 2 is 1.53 bits per heavy atom. The van der Waals surface area contributed by atoms with Crippen molar-refractivity contribution in [3.8, 4) is 5.82 Å². The number of alkyl halides is 6. The predicted molar refractivity (Wildman–Crippen MR) is 104 cm³/mol. The lowest BCUT2D eigenvalue weighted by Crippen LogP contribution is -2.34. The number of rotatable bonds is 4. The van der Waals surface area contributed by atoms with Gasteiger partial charge in [0, 0.05) is 18.6 Å². The van der Waals surface area contributed by atoms with Crippen LogP contribution in [0.15, 0.2) is 42.9 Å². The lowest BCUT2D eigenvalue weighted by Gasteiger charge is -2.14. The van der Waals surface area contributed by atoms with Gasteiger partial charge in [0.25, 0.3) is 0 Å². The number of pyridine rings is 2. The fraction of sp³-hybridized carbons (Fsp3) is 0.118. The number of nitrogens with zero attached hydrogens (tertiary/aromatic N) is 3. The Morgan fingerprint density at radius 3 is 2.09 bits per heavy atom. The minimum absolute atomic E-state index is 0.0740. The maximum atomic E-state index is 12.8. The summed E-state index contributed by atoms with van der Waals surface area (Å²) in [6, 6.07) is 3.28. The molecule has 3 aromatic rings. The van der Waals surface area contributed by atoms with Crippen molar-refractivity contribution in [2.24, 2.45) is 0 Å². The fourth-order valence-electron chi connectivity index (χ4n) is 2.38. The van der Waals surface area contributed by atoms with Gasteiger partial charge in [-0.05, 0) is 24.3 Å². The Morgan fingerprint density at radius 1 is 0.938 bits per heavy atom. The molecule has 0 fully saturated rings. The van der Waals surface area contributed by atoms with Gasteiger partial charge in [0.1, 0.15) is 5.82 Å². The molecule has 15 heteroatoms. The molecule has 170 valence electrons. The van der Waals surface area contributed by atoms with Crippen LogP contribution in [0.2, 0.25) is 10.0 Å². The number of hydrazine groups is 1. The summed E-state index contributed by atoms with van der Waals surface area (Å²) in [7, 11) is 0. The number of amides is 2. The summed E-state index contributed by atoms with van der Waals surface area (Å²) in [4.78, 5) is 19.3. The van der Waals surface area contributed by atoms with E-state index in [-0.39, 0.29) is 22.5 Å². The smallest absolute Gasteiger partial charge is 0.292 e. The van der Waals surface area contributed by atoms with Crippen LogP contribution in [0.1, 0.15) is 11.1 Å². The van der Waals surface area contributed by atoms with Gasteiger partial charge in [-0.2, -0.15) is 26.3 Å². The standard InChI is InChI=1S/C17H10Cl2F6N6O/c18-10-4-8(16(20,21)22)6-26-13(10)29-30-15(32)28-12-2-1-3-31(12)14-11(19)5-9(7-27-14)17(23,24)25/h1-7H,(H,26,29)(H2,28,30,32). The molecule has 0 radical (unpaired) electrons. The molecule has 3 N–H and O–H groups in total. The molecule has 0 atom stereocenters. The van der Waals surface area contributed by atoms with Gasteiger partial charge in [0.15, 0.2) is 11.6 Å². The number of urea groups is 1. The van der Waals surface area contributed by atoms with Crippen LogP contribution in [0.25, 0.3) is 5.82 Å². The molecule has 2 amide bonds. The number of aromatic nitrogens is 3. The Labute approximate surface area is 185 Å². The largest absolute Gasteiger partial charge is 0.417 e. The zero-order valence-electron chi connectivity index (χ0n) is 15.3. The Bertz CT molecular complexity index is 1150. The monoisotopic (exact) mass is 498 g/mol. The molecule has 0 aromatic carbocycles. The third kappa shape index (κ3) is 5.34. The summed E-state index contributed by atoms with van der Waals surface area (Å²) in [5.41, 5.74) is 2.25. The second-order valence-corrected chi connectivity index (χ2v) is 6.86. The third-order valence-electron chi connectivity index (χ3n) is 3.83. The first-order chi connectivity index (χ1) is 14.9. The van der Waals surface area contributed by atoms with Gasteiger partial charge in [-0.15, -0.1) is 0 Å². The number of anilines is 2. The van der Waals surface area contributed by atoms with Crippen LogP contribution in [0.3, 0.4) is 0 Å². The van der Waals surface area contributed by atoms with Crippen molar-refractivity contribution >= 4 is 40.9 Å². The molecular formula is C17H10Cl2F6N6O. The first kappa shape index (κ1) is 23.5. The molecule has 0 unspecified atom stereocenters. The van der Waals surface area contributed by atoms with Crippen LogP contribution in [-0.2, 0) is 12.4 Å². The molecule has 3 heterocycles.